The van der Waals surface area contributed by atoms with Crippen LogP contribution in [0.15, 0.2) is 30.6 Å². The van der Waals surface area contributed by atoms with Gasteiger partial charge in [-0.3, -0.25) is 9.59 Å². The molecular formula is C13H13N5O4. The maximum Gasteiger partial charge on any atom is 0.490 e. The van der Waals surface area contributed by atoms with Gasteiger partial charge in [0, 0.05) is 22.8 Å². The summed E-state index contributed by atoms with van der Waals surface area (Å²) < 4.78 is 1.10. The lowest BCUT2D eigenvalue weighted by molar-refractivity contribution is -0.394. The molecule has 1 aromatic heterocycles. The van der Waals surface area contributed by atoms with E-state index in [1.165, 1.54) is 0 Å². The van der Waals surface area contributed by atoms with Crippen LogP contribution in [-0.4, -0.2) is 31.4 Å². The summed E-state index contributed by atoms with van der Waals surface area (Å²) in [4.78, 5) is 36.5. The Morgan fingerprint density at radius 2 is 2.00 bits per heavy atom. The molecule has 0 radical (unpaired) electrons. The lowest BCUT2D eigenvalue weighted by Crippen LogP contribution is -2.12. The van der Waals surface area contributed by atoms with E-state index < -0.39 is 10.9 Å². The summed E-state index contributed by atoms with van der Waals surface area (Å²) in [7, 11) is 0. The number of amides is 1. The Balaban J connectivity index is 2.02. The lowest BCUT2D eigenvalue weighted by atomic mass is 10.1. The van der Waals surface area contributed by atoms with Crippen LogP contribution in [0.5, 0.6) is 0 Å². The van der Waals surface area contributed by atoms with E-state index in [4.69, 9.17) is 0 Å². The van der Waals surface area contributed by atoms with E-state index in [0.717, 1.165) is 11.0 Å². The smallest absolute Gasteiger partial charge is 0.390 e. The van der Waals surface area contributed by atoms with Crippen LogP contribution in [0.3, 0.4) is 0 Å². The number of carbonyl (C=O) groups is 2. The number of nitrogens with zero attached hydrogens (tertiary/aromatic N) is 4. The van der Waals surface area contributed by atoms with Crippen molar-refractivity contribution in [2.24, 2.45) is 0 Å². The van der Waals surface area contributed by atoms with Crippen LogP contribution >= 0.6 is 0 Å². The summed E-state index contributed by atoms with van der Waals surface area (Å²) in [5.41, 5.74) is 1.01. The van der Waals surface area contributed by atoms with Gasteiger partial charge in [0.05, 0.1) is 0 Å². The average Bonchev–Trinajstić information content (AvgIpc) is 2.96. The normalized spacial score (nSPS) is 10.2. The molecule has 0 atom stereocenters. The van der Waals surface area contributed by atoms with Crippen molar-refractivity contribution in [3.8, 4) is 0 Å². The van der Waals surface area contributed by atoms with Crippen LogP contribution < -0.4 is 5.32 Å². The monoisotopic (exact) mass is 303 g/mol. The molecule has 2 rings (SSSR count). The maximum atomic E-state index is 12.0. The van der Waals surface area contributed by atoms with Gasteiger partial charge in [-0.2, -0.15) is 4.68 Å². The van der Waals surface area contributed by atoms with E-state index in [1.54, 1.807) is 31.2 Å². The van der Waals surface area contributed by atoms with Crippen molar-refractivity contribution < 1.29 is 14.5 Å². The van der Waals surface area contributed by atoms with Crippen LogP contribution in [0.2, 0.25) is 0 Å². The van der Waals surface area contributed by atoms with Gasteiger partial charge in [-0.05, 0) is 29.2 Å². The number of nitrogens with one attached hydrogen (secondary N) is 1. The van der Waals surface area contributed by atoms with Gasteiger partial charge in [0.1, 0.15) is 6.54 Å². The highest BCUT2D eigenvalue weighted by Gasteiger charge is 2.16. The lowest BCUT2D eigenvalue weighted by Gasteiger charge is -2.04. The minimum Gasteiger partial charge on any atom is -0.390 e. The SMILES string of the molecule is CCC(=O)Nc1ccc(C(=O)Cn2cnc([N+](=O)[O-])n2)cc1. The van der Waals surface area contributed by atoms with Gasteiger partial charge in [-0.15, -0.1) is 0 Å². The molecule has 9 nitrogen and oxygen atoms in total. The molecule has 0 aliphatic rings. The molecule has 9 heteroatoms. The first-order chi connectivity index (χ1) is 10.5. The summed E-state index contributed by atoms with van der Waals surface area (Å²) in [6, 6.07) is 6.37. The van der Waals surface area contributed by atoms with Crippen molar-refractivity contribution in [2.45, 2.75) is 19.9 Å². The van der Waals surface area contributed by atoms with Gasteiger partial charge in [-0.1, -0.05) is 11.9 Å². The van der Waals surface area contributed by atoms with Crippen LogP contribution in [0.4, 0.5) is 11.6 Å². The molecule has 114 valence electrons. The second kappa shape index (κ2) is 6.57. The fraction of sp³-hybridized carbons (Fsp3) is 0.231. The van der Waals surface area contributed by atoms with E-state index in [1.807, 2.05) is 0 Å². The zero-order valence-electron chi connectivity index (χ0n) is 11.7. The fourth-order valence-corrected chi connectivity index (χ4v) is 1.67. The highest BCUT2D eigenvalue weighted by atomic mass is 16.6. The average molecular weight is 303 g/mol. The number of benzene rings is 1. The molecule has 1 amide bonds. The Morgan fingerprint density at radius 3 is 2.55 bits per heavy atom. The number of rotatable bonds is 6. The van der Waals surface area contributed by atoms with E-state index in [9.17, 15) is 19.7 Å². The van der Waals surface area contributed by atoms with Gasteiger partial charge < -0.3 is 15.4 Å². The number of aromatic nitrogens is 3. The van der Waals surface area contributed by atoms with Gasteiger partial charge >= 0.3 is 5.95 Å². The number of nitro groups is 1. The zero-order chi connectivity index (χ0) is 16.1. The van der Waals surface area contributed by atoms with Gasteiger partial charge in [0.25, 0.3) is 0 Å². The number of ketones is 1. The molecule has 1 aromatic carbocycles. The largest absolute Gasteiger partial charge is 0.490 e. The van der Waals surface area contributed by atoms with Crippen molar-refractivity contribution in [3.05, 3.63) is 46.3 Å². The molecule has 0 fully saturated rings. The van der Waals surface area contributed by atoms with Crippen molar-refractivity contribution >= 4 is 23.3 Å². The number of hydrogen-bond acceptors (Lipinski definition) is 6. The maximum absolute atomic E-state index is 12.0. The molecule has 0 aliphatic carbocycles. The molecule has 1 N–H and O–H groups in total. The molecule has 0 saturated heterocycles. The minimum absolute atomic E-state index is 0.117. The van der Waals surface area contributed by atoms with E-state index in [0.29, 0.717) is 17.7 Å². The number of Topliss-reactive ketones (excluding diaryl/α,β-unsaturated/α-hetero) is 1. The summed E-state index contributed by atoms with van der Waals surface area (Å²) >= 11 is 0. The molecule has 22 heavy (non-hydrogen) atoms. The number of anilines is 1. The number of hydrogen-bond donors (Lipinski definition) is 1. The van der Waals surface area contributed by atoms with E-state index in [2.05, 4.69) is 15.4 Å². The Morgan fingerprint density at radius 1 is 1.32 bits per heavy atom. The Hall–Kier alpha value is -3.10. The zero-order valence-corrected chi connectivity index (χ0v) is 11.7. The first kappa shape index (κ1) is 15.3. The first-order valence-electron chi connectivity index (χ1n) is 6.46. The third-order valence-electron chi connectivity index (χ3n) is 2.81. The molecule has 0 aliphatic heterocycles. The van der Waals surface area contributed by atoms with Crippen LogP contribution in [0.25, 0.3) is 0 Å². The quantitative estimate of drug-likeness (QED) is 0.489. The first-order valence-corrected chi connectivity index (χ1v) is 6.46. The van der Waals surface area contributed by atoms with Crippen molar-refractivity contribution in [2.75, 3.05) is 5.32 Å². The molecule has 0 unspecified atom stereocenters. The van der Waals surface area contributed by atoms with Crippen molar-refractivity contribution in [3.63, 3.8) is 0 Å². The molecule has 0 bridgehead atoms. The van der Waals surface area contributed by atoms with Gasteiger partial charge in [-0.25, -0.2) is 0 Å². The van der Waals surface area contributed by atoms with Crippen LogP contribution in [0, 0.1) is 10.1 Å². The molecule has 1 heterocycles. The van der Waals surface area contributed by atoms with Crippen molar-refractivity contribution in [1.82, 2.24) is 14.8 Å². The summed E-state index contributed by atoms with van der Waals surface area (Å²) in [6.45, 7) is 1.59. The predicted molar refractivity (Wildman–Crippen MR) is 76.4 cm³/mol. The topological polar surface area (TPSA) is 120 Å². The summed E-state index contributed by atoms with van der Waals surface area (Å²) in [6.07, 6.45) is 1.50. The summed E-state index contributed by atoms with van der Waals surface area (Å²) in [5.74, 6) is -0.937. The predicted octanol–water partition coefficient (Wildman–Crippen LogP) is 1.42. The van der Waals surface area contributed by atoms with Crippen molar-refractivity contribution in [1.29, 1.82) is 0 Å². The Kier molecular flexibility index (Phi) is 4.57. The van der Waals surface area contributed by atoms with E-state index in [-0.39, 0.29) is 18.2 Å². The second-order valence-electron chi connectivity index (χ2n) is 4.40. The molecule has 2 aromatic rings. The van der Waals surface area contributed by atoms with Crippen LogP contribution in [0.1, 0.15) is 23.7 Å². The number of carbonyl (C=O) groups excluding carboxylic acids is 2. The highest BCUT2D eigenvalue weighted by molar-refractivity contribution is 5.97. The minimum atomic E-state index is -0.730. The van der Waals surface area contributed by atoms with Crippen LogP contribution in [-0.2, 0) is 11.3 Å². The Labute approximate surface area is 125 Å². The van der Waals surface area contributed by atoms with E-state index >= 15 is 0 Å². The van der Waals surface area contributed by atoms with Gasteiger partial charge in [0.2, 0.25) is 12.2 Å². The molecular weight excluding hydrogens is 290 g/mol. The fourth-order valence-electron chi connectivity index (χ4n) is 1.67. The third-order valence-corrected chi connectivity index (χ3v) is 2.81. The van der Waals surface area contributed by atoms with Gasteiger partial charge in [0.15, 0.2) is 5.78 Å². The molecule has 0 spiro atoms. The second-order valence-corrected chi connectivity index (χ2v) is 4.40. The standard InChI is InChI=1S/C13H13N5O4/c1-2-12(20)15-10-5-3-9(4-6-10)11(19)7-17-8-14-13(16-17)18(21)22/h3-6,8H,2,7H2,1H3,(H,15,20). The third kappa shape index (κ3) is 3.72. The molecule has 0 saturated carbocycles. The highest BCUT2D eigenvalue weighted by Crippen LogP contribution is 2.11. The Bertz CT molecular complexity index is 707. The summed E-state index contributed by atoms with van der Waals surface area (Å²) in [5, 5.41) is 16.7.